The van der Waals surface area contributed by atoms with Gasteiger partial charge in [0.25, 0.3) is 0 Å². The molecule has 2 aliphatic heterocycles. The minimum Gasteiger partial charge on any atom is -0.356 e. The fourth-order valence-corrected chi connectivity index (χ4v) is 4.93. The summed E-state index contributed by atoms with van der Waals surface area (Å²) in [6.45, 7) is 9.44. The van der Waals surface area contributed by atoms with Crippen molar-refractivity contribution in [1.82, 2.24) is 15.1 Å². The molecule has 0 aromatic heterocycles. The molecule has 0 aromatic rings. The molecule has 0 radical (unpaired) electrons. The maximum Gasteiger partial charge on any atom is 0.225 e. The van der Waals surface area contributed by atoms with E-state index in [1.807, 2.05) is 4.90 Å². The van der Waals surface area contributed by atoms with Gasteiger partial charge in [-0.15, -0.1) is 0 Å². The molecule has 2 saturated heterocycles. The van der Waals surface area contributed by atoms with Crippen molar-refractivity contribution in [3.05, 3.63) is 0 Å². The Kier molecular flexibility index (Phi) is 6.96. The van der Waals surface area contributed by atoms with Crippen LogP contribution in [0.25, 0.3) is 0 Å². The monoisotopic (exact) mass is 363 g/mol. The van der Waals surface area contributed by atoms with E-state index in [0.717, 1.165) is 38.4 Å². The Morgan fingerprint density at radius 2 is 1.81 bits per heavy atom. The number of piperidine rings is 1. The number of rotatable bonds is 6. The van der Waals surface area contributed by atoms with Gasteiger partial charge in [-0.2, -0.15) is 0 Å². The molecule has 5 nitrogen and oxygen atoms in total. The normalized spacial score (nSPS) is 26.7. The number of carbonyl (C=O) groups excluding carboxylic acids is 2. The van der Waals surface area contributed by atoms with Gasteiger partial charge in [-0.3, -0.25) is 9.59 Å². The summed E-state index contributed by atoms with van der Waals surface area (Å²) in [6, 6.07) is 0.388. The van der Waals surface area contributed by atoms with Gasteiger partial charge in [0.1, 0.15) is 0 Å². The van der Waals surface area contributed by atoms with Crippen molar-refractivity contribution in [3.8, 4) is 0 Å². The Bertz CT molecular complexity index is 480. The van der Waals surface area contributed by atoms with Gasteiger partial charge in [-0.05, 0) is 50.6 Å². The van der Waals surface area contributed by atoms with Crippen LogP contribution in [-0.4, -0.2) is 60.4 Å². The summed E-state index contributed by atoms with van der Waals surface area (Å²) in [4.78, 5) is 29.5. The fraction of sp³-hybridized carbons (Fsp3) is 0.905. The van der Waals surface area contributed by atoms with Gasteiger partial charge in [0.05, 0.1) is 5.92 Å². The van der Waals surface area contributed by atoms with Gasteiger partial charge < -0.3 is 15.1 Å². The maximum atomic E-state index is 12.6. The van der Waals surface area contributed by atoms with Crippen LogP contribution in [0.3, 0.4) is 0 Å². The van der Waals surface area contributed by atoms with E-state index in [9.17, 15) is 9.59 Å². The molecule has 5 heteroatoms. The molecule has 26 heavy (non-hydrogen) atoms. The fourth-order valence-electron chi connectivity index (χ4n) is 4.93. The van der Waals surface area contributed by atoms with Crippen LogP contribution in [0.5, 0.6) is 0 Å². The molecular weight excluding hydrogens is 326 g/mol. The Balaban J connectivity index is 1.38. The van der Waals surface area contributed by atoms with Crippen molar-refractivity contribution in [3.63, 3.8) is 0 Å². The summed E-state index contributed by atoms with van der Waals surface area (Å²) >= 11 is 0. The summed E-state index contributed by atoms with van der Waals surface area (Å²) in [7, 11) is 0. The van der Waals surface area contributed by atoms with Crippen molar-refractivity contribution < 1.29 is 9.59 Å². The average molecular weight is 364 g/mol. The van der Waals surface area contributed by atoms with Crippen LogP contribution in [0.4, 0.5) is 0 Å². The maximum absolute atomic E-state index is 12.6. The van der Waals surface area contributed by atoms with Crippen molar-refractivity contribution in [2.24, 2.45) is 17.8 Å². The summed E-state index contributed by atoms with van der Waals surface area (Å²) in [5.74, 6) is 1.47. The highest BCUT2D eigenvalue weighted by molar-refractivity contribution is 5.89. The van der Waals surface area contributed by atoms with Crippen molar-refractivity contribution in [1.29, 1.82) is 0 Å². The minimum atomic E-state index is -0.134. The number of likely N-dealkylation sites (tertiary alicyclic amines) is 2. The van der Waals surface area contributed by atoms with Gasteiger partial charge >= 0.3 is 0 Å². The number of nitrogens with zero attached hydrogens (tertiary/aromatic N) is 2. The molecule has 1 unspecified atom stereocenters. The van der Waals surface area contributed by atoms with Crippen molar-refractivity contribution >= 4 is 11.8 Å². The third-order valence-corrected chi connectivity index (χ3v) is 6.44. The lowest BCUT2D eigenvalue weighted by molar-refractivity contribution is -0.130. The zero-order valence-electron chi connectivity index (χ0n) is 16.7. The molecule has 0 bridgehead atoms. The Morgan fingerprint density at radius 3 is 2.46 bits per heavy atom. The first-order valence-electron chi connectivity index (χ1n) is 10.8. The quantitative estimate of drug-likeness (QED) is 0.789. The van der Waals surface area contributed by atoms with Gasteiger partial charge in [-0.1, -0.05) is 33.1 Å². The first kappa shape index (κ1) is 19.7. The van der Waals surface area contributed by atoms with Gasteiger partial charge in [-0.25, -0.2) is 0 Å². The SMILES string of the molecule is CC(C)CN1CCC(CNC(=O)C2CC(=O)N(C3CCCCC3)C2)CC1. The predicted octanol–water partition coefficient (Wildman–Crippen LogP) is 2.65. The third-order valence-electron chi connectivity index (χ3n) is 6.44. The lowest BCUT2D eigenvalue weighted by Gasteiger charge is -2.33. The van der Waals surface area contributed by atoms with E-state index in [1.165, 1.54) is 38.6 Å². The van der Waals surface area contributed by atoms with E-state index in [-0.39, 0.29) is 17.7 Å². The first-order chi connectivity index (χ1) is 12.5. The highest BCUT2D eigenvalue weighted by atomic mass is 16.2. The largest absolute Gasteiger partial charge is 0.356 e. The van der Waals surface area contributed by atoms with Crippen LogP contribution in [0.1, 0.15) is 65.2 Å². The van der Waals surface area contributed by atoms with Crippen molar-refractivity contribution in [2.75, 3.05) is 32.7 Å². The highest BCUT2D eigenvalue weighted by Crippen LogP contribution is 2.28. The number of nitrogens with one attached hydrogen (secondary N) is 1. The summed E-state index contributed by atoms with van der Waals surface area (Å²) in [5, 5.41) is 3.16. The van der Waals surface area contributed by atoms with Crippen LogP contribution < -0.4 is 5.32 Å². The number of amides is 2. The highest BCUT2D eigenvalue weighted by Gasteiger charge is 2.38. The Morgan fingerprint density at radius 1 is 1.12 bits per heavy atom. The molecule has 0 aromatic carbocycles. The van der Waals surface area contributed by atoms with Crippen LogP contribution in [-0.2, 0) is 9.59 Å². The summed E-state index contributed by atoms with van der Waals surface area (Å²) < 4.78 is 0. The molecule has 3 rings (SSSR count). The lowest BCUT2D eigenvalue weighted by atomic mass is 9.94. The number of hydrogen-bond acceptors (Lipinski definition) is 3. The van der Waals surface area contributed by atoms with Gasteiger partial charge in [0.2, 0.25) is 11.8 Å². The predicted molar refractivity (Wildman–Crippen MR) is 104 cm³/mol. The smallest absolute Gasteiger partial charge is 0.225 e. The molecule has 2 amide bonds. The van der Waals surface area contributed by atoms with E-state index >= 15 is 0 Å². The lowest BCUT2D eigenvalue weighted by Crippen LogP contribution is -2.42. The first-order valence-corrected chi connectivity index (χ1v) is 10.8. The zero-order chi connectivity index (χ0) is 18.5. The van der Waals surface area contributed by atoms with Crippen molar-refractivity contribution in [2.45, 2.75) is 71.3 Å². The standard InChI is InChI=1S/C21H37N3O2/c1-16(2)14-23-10-8-17(9-11-23)13-22-21(26)18-12-20(25)24(15-18)19-6-4-3-5-7-19/h16-19H,3-15H2,1-2H3,(H,22,26). The van der Waals surface area contributed by atoms with E-state index in [0.29, 0.717) is 24.9 Å². The van der Waals surface area contributed by atoms with Gasteiger partial charge in [0, 0.05) is 32.1 Å². The Hall–Kier alpha value is -1.10. The zero-order valence-corrected chi connectivity index (χ0v) is 16.7. The van der Waals surface area contributed by atoms with E-state index in [1.54, 1.807) is 0 Å². The van der Waals surface area contributed by atoms with Crippen LogP contribution >= 0.6 is 0 Å². The van der Waals surface area contributed by atoms with E-state index in [2.05, 4.69) is 24.1 Å². The third kappa shape index (κ3) is 5.21. The molecule has 148 valence electrons. The Labute approximate surface area is 158 Å². The summed E-state index contributed by atoms with van der Waals surface area (Å²) in [6.07, 6.45) is 8.73. The number of hydrogen-bond donors (Lipinski definition) is 1. The molecular formula is C21H37N3O2. The molecule has 1 aliphatic carbocycles. The number of carbonyl (C=O) groups is 2. The van der Waals surface area contributed by atoms with E-state index in [4.69, 9.17) is 0 Å². The van der Waals surface area contributed by atoms with Crippen LogP contribution in [0, 0.1) is 17.8 Å². The molecule has 3 fully saturated rings. The molecule has 1 atom stereocenters. The second-order valence-electron chi connectivity index (χ2n) is 9.12. The molecule has 0 spiro atoms. The molecule has 1 N–H and O–H groups in total. The second kappa shape index (κ2) is 9.20. The molecule has 2 heterocycles. The minimum absolute atomic E-state index is 0.0984. The topological polar surface area (TPSA) is 52.7 Å². The molecule has 3 aliphatic rings. The second-order valence-corrected chi connectivity index (χ2v) is 9.12. The molecule has 1 saturated carbocycles. The van der Waals surface area contributed by atoms with E-state index < -0.39 is 0 Å². The average Bonchev–Trinajstić information content (AvgIpc) is 3.03. The van der Waals surface area contributed by atoms with Crippen LogP contribution in [0.2, 0.25) is 0 Å². The van der Waals surface area contributed by atoms with Crippen LogP contribution in [0.15, 0.2) is 0 Å². The van der Waals surface area contributed by atoms with Gasteiger partial charge in [0.15, 0.2) is 0 Å². The summed E-state index contributed by atoms with van der Waals surface area (Å²) in [5.41, 5.74) is 0.